The Morgan fingerprint density at radius 3 is 2.19 bits per heavy atom. The molecule has 1 heterocycles. The van der Waals surface area contributed by atoms with Crippen molar-refractivity contribution in [2.75, 3.05) is 0 Å². The molecule has 0 aliphatic rings. The lowest BCUT2D eigenvalue weighted by Crippen LogP contribution is -2.14. The summed E-state index contributed by atoms with van der Waals surface area (Å²) >= 11 is 0.932. The number of thiophene rings is 1. The first-order valence-corrected chi connectivity index (χ1v) is 8.68. The van der Waals surface area contributed by atoms with Gasteiger partial charge in [0, 0.05) is 10.4 Å². The summed E-state index contributed by atoms with van der Waals surface area (Å²) in [6.07, 6.45) is 0. The van der Waals surface area contributed by atoms with Gasteiger partial charge in [-0.1, -0.05) is 44.2 Å². The molecule has 0 saturated carbocycles. The van der Waals surface area contributed by atoms with Crippen LogP contribution in [0.15, 0.2) is 30.3 Å². The third-order valence-electron chi connectivity index (χ3n) is 2.98. The molecule has 0 amide bonds. The molecule has 3 N–H and O–H groups in total. The first-order valence-electron chi connectivity index (χ1n) is 6.25. The molecule has 0 fully saturated rings. The molecule has 7 heteroatoms. The van der Waals surface area contributed by atoms with Gasteiger partial charge in [-0.15, -0.1) is 11.3 Å². The zero-order valence-electron chi connectivity index (χ0n) is 11.5. The minimum atomic E-state index is -4.70. The minimum absolute atomic E-state index is 0.0383. The van der Waals surface area contributed by atoms with Crippen molar-refractivity contribution in [1.29, 1.82) is 0 Å². The van der Waals surface area contributed by atoms with Gasteiger partial charge in [-0.2, -0.15) is 0 Å². The molecule has 1 aromatic carbocycles. The Labute approximate surface area is 126 Å². The maximum absolute atomic E-state index is 11.8. The van der Waals surface area contributed by atoms with Crippen LogP contribution in [0.3, 0.4) is 0 Å². The van der Waals surface area contributed by atoms with Crippen LogP contribution >= 0.6 is 18.9 Å². The van der Waals surface area contributed by atoms with E-state index < -0.39 is 13.6 Å². The van der Waals surface area contributed by atoms with Crippen molar-refractivity contribution in [3.05, 3.63) is 40.1 Å². The molecule has 0 aliphatic heterocycles. The summed E-state index contributed by atoms with van der Waals surface area (Å²) in [5, 5.41) is 8.88. The second-order valence-corrected chi connectivity index (χ2v) is 7.48. The van der Waals surface area contributed by atoms with Gasteiger partial charge in [0.05, 0.1) is 5.30 Å². The molecule has 21 heavy (non-hydrogen) atoms. The van der Waals surface area contributed by atoms with Gasteiger partial charge in [-0.05, 0) is 11.5 Å². The van der Waals surface area contributed by atoms with Crippen LogP contribution in [0.4, 0.5) is 0 Å². The normalized spacial score (nSPS) is 11.9. The topological polar surface area (TPSA) is 94.8 Å². The van der Waals surface area contributed by atoms with E-state index in [0.29, 0.717) is 16.0 Å². The highest BCUT2D eigenvalue weighted by Crippen LogP contribution is 2.46. The second-order valence-electron chi connectivity index (χ2n) is 4.89. The van der Waals surface area contributed by atoms with E-state index in [-0.39, 0.29) is 16.1 Å². The first kappa shape index (κ1) is 15.9. The van der Waals surface area contributed by atoms with Gasteiger partial charge in [-0.25, -0.2) is 4.79 Å². The Morgan fingerprint density at radius 2 is 1.76 bits per heavy atom. The van der Waals surface area contributed by atoms with E-state index in [1.807, 2.05) is 13.8 Å². The van der Waals surface area contributed by atoms with Crippen molar-refractivity contribution in [2.24, 2.45) is 0 Å². The number of rotatable bonds is 4. The highest BCUT2D eigenvalue weighted by molar-refractivity contribution is 7.61. The molecule has 5 nitrogen and oxygen atoms in total. The SMILES string of the molecule is CC(C)c1sc(C(=O)O)c(P(=O)(O)O)c1-c1ccccc1. The van der Waals surface area contributed by atoms with Gasteiger partial charge in [0.2, 0.25) is 0 Å². The number of aromatic carboxylic acids is 1. The van der Waals surface area contributed by atoms with E-state index in [1.165, 1.54) is 0 Å². The fourth-order valence-electron chi connectivity index (χ4n) is 2.15. The molecule has 0 radical (unpaired) electrons. The zero-order chi connectivity index (χ0) is 15.8. The van der Waals surface area contributed by atoms with Crippen LogP contribution in [0.1, 0.15) is 34.3 Å². The van der Waals surface area contributed by atoms with Gasteiger partial charge in [0.1, 0.15) is 4.88 Å². The summed E-state index contributed by atoms with van der Waals surface area (Å²) < 4.78 is 11.8. The van der Waals surface area contributed by atoms with Crippen LogP contribution in [0.2, 0.25) is 0 Å². The lowest BCUT2D eigenvalue weighted by Gasteiger charge is -2.11. The number of hydrogen-bond acceptors (Lipinski definition) is 3. The molecule has 0 atom stereocenters. The lowest BCUT2D eigenvalue weighted by atomic mass is 10.0. The van der Waals surface area contributed by atoms with Crippen molar-refractivity contribution >= 4 is 30.2 Å². The first-order chi connectivity index (χ1) is 9.73. The van der Waals surface area contributed by atoms with Gasteiger partial charge >= 0.3 is 13.6 Å². The van der Waals surface area contributed by atoms with Crippen LogP contribution in [0.25, 0.3) is 11.1 Å². The monoisotopic (exact) mass is 326 g/mol. The Kier molecular flexibility index (Phi) is 4.35. The standard InChI is InChI=1S/C14H15O5PS/c1-8(2)12-10(9-6-4-3-5-7-9)11(20(17,18)19)13(21-12)14(15)16/h3-8H,1-2H3,(H,15,16)(H2,17,18,19). The van der Waals surface area contributed by atoms with Crippen LogP contribution < -0.4 is 5.30 Å². The van der Waals surface area contributed by atoms with Crippen LogP contribution in [0.5, 0.6) is 0 Å². The summed E-state index contributed by atoms with van der Waals surface area (Å²) in [5.74, 6) is -1.36. The Hall–Kier alpha value is -1.46. The van der Waals surface area contributed by atoms with Crippen molar-refractivity contribution in [3.8, 4) is 11.1 Å². The van der Waals surface area contributed by atoms with E-state index in [4.69, 9.17) is 0 Å². The Bertz CT molecular complexity index is 714. The van der Waals surface area contributed by atoms with E-state index in [9.17, 15) is 24.3 Å². The van der Waals surface area contributed by atoms with Gasteiger partial charge in [0.25, 0.3) is 0 Å². The number of benzene rings is 1. The summed E-state index contributed by atoms with van der Waals surface area (Å²) in [5.41, 5.74) is 0.963. The molecule has 0 unspecified atom stereocenters. The van der Waals surface area contributed by atoms with Gasteiger partial charge < -0.3 is 14.9 Å². The fraction of sp³-hybridized carbons (Fsp3) is 0.214. The van der Waals surface area contributed by atoms with Crippen molar-refractivity contribution in [1.82, 2.24) is 0 Å². The highest BCUT2D eigenvalue weighted by Gasteiger charge is 2.34. The van der Waals surface area contributed by atoms with E-state index >= 15 is 0 Å². The van der Waals surface area contributed by atoms with Crippen molar-refractivity contribution in [3.63, 3.8) is 0 Å². The van der Waals surface area contributed by atoms with Crippen LogP contribution in [0, 0.1) is 0 Å². The van der Waals surface area contributed by atoms with Crippen LogP contribution in [-0.2, 0) is 4.57 Å². The molecule has 1 aromatic heterocycles. The minimum Gasteiger partial charge on any atom is -0.477 e. The predicted octanol–water partition coefficient (Wildman–Crippen LogP) is 3.04. The van der Waals surface area contributed by atoms with E-state index in [0.717, 1.165) is 11.3 Å². The smallest absolute Gasteiger partial charge is 0.358 e. The van der Waals surface area contributed by atoms with Crippen molar-refractivity contribution in [2.45, 2.75) is 19.8 Å². The largest absolute Gasteiger partial charge is 0.477 e. The number of carbonyl (C=O) groups is 1. The highest BCUT2D eigenvalue weighted by atomic mass is 32.1. The summed E-state index contributed by atoms with van der Waals surface area (Å²) in [4.78, 5) is 31.0. The molecule has 2 aromatic rings. The molecule has 0 spiro atoms. The van der Waals surface area contributed by atoms with Crippen LogP contribution in [-0.4, -0.2) is 20.9 Å². The average molecular weight is 326 g/mol. The van der Waals surface area contributed by atoms with E-state index in [1.54, 1.807) is 30.3 Å². The molecular weight excluding hydrogens is 311 g/mol. The Morgan fingerprint density at radius 1 is 1.19 bits per heavy atom. The molecule has 0 saturated heterocycles. The maximum atomic E-state index is 11.8. The van der Waals surface area contributed by atoms with Crippen molar-refractivity contribution < 1.29 is 24.3 Å². The summed E-state index contributed by atoms with van der Waals surface area (Å²) in [7, 11) is -4.70. The Balaban J connectivity index is 2.89. The molecular formula is C14H15O5PS. The third-order valence-corrected chi connectivity index (χ3v) is 5.64. The number of hydrogen-bond donors (Lipinski definition) is 3. The molecule has 0 aliphatic carbocycles. The lowest BCUT2D eigenvalue weighted by molar-refractivity contribution is 0.0703. The van der Waals surface area contributed by atoms with Gasteiger partial charge in [0.15, 0.2) is 0 Å². The quantitative estimate of drug-likeness (QED) is 0.751. The molecule has 112 valence electrons. The number of carboxylic acid groups (broad SMARTS) is 1. The maximum Gasteiger partial charge on any atom is 0.358 e. The van der Waals surface area contributed by atoms with E-state index in [2.05, 4.69) is 0 Å². The fourth-order valence-corrected chi connectivity index (χ4v) is 4.69. The number of carboxylic acids is 1. The summed E-state index contributed by atoms with van der Waals surface area (Å²) in [6.45, 7) is 3.74. The molecule has 0 bridgehead atoms. The third kappa shape index (κ3) is 3.09. The second kappa shape index (κ2) is 5.73. The zero-order valence-corrected chi connectivity index (χ0v) is 13.2. The predicted molar refractivity (Wildman–Crippen MR) is 82.5 cm³/mol. The molecule has 2 rings (SSSR count). The van der Waals surface area contributed by atoms with Gasteiger partial charge in [-0.3, -0.25) is 4.57 Å². The average Bonchev–Trinajstić information content (AvgIpc) is 2.80. The summed E-state index contributed by atoms with van der Waals surface area (Å²) in [6, 6.07) is 8.74.